The Hall–Kier alpha value is -17.8. The number of hydrogen-bond acceptors (Lipinski definition) is 14. The van der Waals surface area contributed by atoms with Crippen molar-refractivity contribution in [2.24, 2.45) is 0 Å². The van der Waals surface area contributed by atoms with Crippen molar-refractivity contribution in [2.75, 3.05) is 0 Å². The first-order chi connectivity index (χ1) is 63.4. The van der Waals surface area contributed by atoms with Gasteiger partial charge in [-0.1, -0.05) is 315 Å². The third kappa shape index (κ3) is 14.5. The molecule has 16 heteroatoms. The highest BCUT2D eigenvalue weighted by Gasteiger charge is 2.26. The van der Waals surface area contributed by atoms with Gasteiger partial charge < -0.3 is 9.13 Å². The van der Waals surface area contributed by atoms with Crippen molar-refractivity contribution in [1.29, 1.82) is 0 Å². The van der Waals surface area contributed by atoms with Crippen LogP contribution >= 0.6 is 0 Å². The van der Waals surface area contributed by atoms with Gasteiger partial charge in [0.2, 0.25) is 0 Å². The third-order valence-electron chi connectivity index (χ3n) is 23.1. The van der Waals surface area contributed by atoms with Gasteiger partial charge in [0.25, 0.3) is 0 Å². The SMILES string of the molecule is c1ccc(-c2cc(-c3ccccc3)nc(-c3ccc(-n4c5ccc(-c6nc(-c7ccccc7)nc(-c7ccccc7)n6)cc5c5cc(-c6nc(-c7ccccc7)nc(-c7ccccc7)n6)ccc54)c(-c4cccc(-n5c6ccc(-c7nc(-c8ccccc8)nc(-c8ccccc8)n7)cc6c6cc(-c7nc(-c8ccccc8)nc(-c8ccccc8)n7)ccc65)c4)c3)n2)cc1. The van der Waals surface area contributed by atoms with E-state index in [1.54, 1.807) is 0 Å². The molecule has 0 N–H and O–H groups in total. The van der Waals surface area contributed by atoms with Gasteiger partial charge in [0.1, 0.15) is 0 Å². The lowest BCUT2D eigenvalue weighted by atomic mass is 9.99. The van der Waals surface area contributed by atoms with E-state index < -0.39 is 0 Å². The summed E-state index contributed by atoms with van der Waals surface area (Å²) < 4.78 is 4.73. The van der Waals surface area contributed by atoms with Gasteiger partial charge >= 0.3 is 0 Å². The molecule has 0 bridgehead atoms. The van der Waals surface area contributed by atoms with Gasteiger partial charge in [0, 0.05) is 116 Å². The minimum absolute atomic E-state index is 0.515. The van der Waals surface area contributed by atoms with Crippen LogP contribution in [-0.2, 0) is 0 Å². The number of benzene rings is 16. The molecule has 128 heavy (non-hydrogen) atoms. The first-order valence-corrected chi connectivity index (χ1v) is 42.3. The number of rotatable bonds is 18. The Morgan fingerprint density at radius 1 is 0.133 bits per heavy atom. The molecule has 0 fully saturated rings. The lowest BCUT2D eigenvalue weighted by Gasteiger charge is -2.18. The maximum atomic E-state index is 5.49. The van der Waals surface area contributed by atoms with Crippen molar-refractivity contribution < 1.29 is 0 Å². The summed E-state index contributed by atoms with van der Waals surface area (Å²) >= 11 is 0. The second-order valence-electron chi connectivity index (χ2n) is 31.2. The highest BCUT2D eigenvalue weighted by atomic mass is 15.1. The van der Waals surface area contributed by atoms with Crippen LogP contribution in [0.25, 0.3) is 237 Å². The molecule has 0 aliphatic heterocycles. The van der Waals surface area contributed by atoms with Gasteiger partial charge in [0.05, 0.1) is 39.1 Å². The van der Waals surface area contributed by atoms with Crippen LogP contribution in [0.1, 0.15) is 0 Å². The molecule has 0 spiro atoms. The molecular formula is C112H70N16. The van der Waals surface area contributed by atoms with E-state index in [-0.39, 0.29) is 0 Å². The molecule has 0 aliphatic carbocycles. The molecule has 23 rings (SSSR count). The van der Waals surface area contributed by atoms with E-state index in [0.29, 0.717) is 75.7 Å². The zero-order valence-corrected chi connectivity index (χ0v) is 68.6. The van der Waals surface area contributed by atoms with Crippen LogP contribution in [0.2, 0.25) is 0 Å². The molecule has 0 amide bonds. The smallest absolute Gasteiger partial charge is 0.164 e. The van der Waals surface area contributed by atoms with Crippen molar-refractivity contribution in [3.63, 3.8) is 0 Å². The van der Waals surface area contributed by atoms with Crippen LogP contribution in [0, 0.1) is 0 Å². The monoisotopic (exact) mass is 1640 g/mol. The standard InChI is InChI=1S/C112H70N16/c1-11-32-71(33-12-1)93-70-94(72-34-13-2-14-35-72)114-108(113-93)82-54-59-95(128-98-62-57-85(111-123-104(77-44-23-7-24-45-77)117-105(124-111)78-46-25-8-26-47-78)68-91(98)92-69-86(58-63-99(92)128)112-125-106(79-48-27-9-28-49-79)118-107(126-112)80-50-29-10-30-51-80)88(65-82)81-52-31-53-87(64-81)127-96-60-55-83(109-119-100(73-36-15-3-16-37-73)115-101(120-109)74-38-17-4-18-39-74)66-89(96)90-67-84(56-61-97(90)127)110-121-102(75-40-19-5-20-41-75)116-103(122-110)76-42-21-6-22-43-76/h1-70H. The molecule has 0 saturated carbocycles. The van der Waals surface area contributed by atoms with Gasteiger partial charge in [-0.15, -0.1) is 0 Å². The van der Waals surface area contributed by atoms with E-state index in [2.05, 4.69) is 155 Å². The Morgan fingerprint density at radius 3 is 0.609 bits per heavy atom. The summed E-state index contributed by atoms with van der Waals surface area (Å²) in [6.07, 6.45) is 0. The maximum Gasteiger partial charge on any atom is 0.164 e. The fourth-order valence-electron chi connectivity index (χ4n) is 16.9. The van der Waals surface area contributed by atoms with E-state index in [9.17, 15) is 0 Å². The highest BCUT2D eigenvalue weighted by Crippen LogP contribution is 2.45. The molecule has 7 heterocycles. The quantitative estimate of drug-likeness (QED) is 0.0788. The molecule has 0 unspecified atom stereocenters. The Bertz CT molecular complexity index is 7480. The summed E-state index contributed by atoms with van der Waals surface area (Å²) in [7, 11) is 0. The van der Waals surface area contributed by atoms with Crippen LogP contribution < -0.4 is 0 Å². The maximum absolute atomic E-state index is 5.49. The molecule has 23 aromatic rings. The van der Waals surface area contributed by atoms with E-state index in [1.165, 1.54) is 0 Å². The number of hydrogen-bond donors (Lipinski definition) is 0. The Balaban J connectivity index is 0.764. The molecule has 7 aromatic heterocycles. The van der Waals surface area contributed by atoms with Gasteiger partial charge in [-0.3, -0.25) is 0 Å². The van der Waals surface area contributed by atoms with E-state index >= 15 is 0 Å². The number of aromatic nitrogens is 16. The van der Waals surface area contributed by atoms with Crippen LogP contribution in [0.4, 0.5) is 0 Å². The summed E-state index contributed by atoms with van der Waals surface area (Å²) in [6, 6.07) is 145. The third-order valence-corrected chi connectivity index (χ3v) is 23.1. The molecule has 0 aliphatic rings. The first kappa shape index (κ1) is 75.2. The van der Waals surface area contributed by atoms with Gasteiger partial charge in [-0.25, -0.2) is 69.8 Å². The van der Waals surface area contributed by atoms with Gasteiger partial charge in [0.15, 0.2) is 75.7 Å². The average molecular weight is 1640 g/mol. The molecule has 0 saturated heterocycles. The topological polar surface area (TPSA) is 190 Å². The second kappa shape index (κ2) is 32.6. The molecule has 0 atom stereocenters. The minimum Gasteiger partial charge on any atom is -0.309 e. The van der Waals surface area contributed by atoms with E-state index in [0.717, 1.165) is 161 Å². The van der Waals surface area contributed by atoms with Crippen LogP contribution in [-0.4, -0.2) is 78.9 Å². The van der Waals surface area contributed by atoms with Crippen LogP contribution in [0.3, 0.4) is 0 Å². The predicted octanol–water partition coefficient (Wildman–Crippen LogP) is 26.1. The average Bonchev–Trinajstić information content (AvgIpc) is 1.58. The Morgan fingerprint density at radius 2 is 0.344 bits per heavy atom. The zero-order chi connectivity index (χ0) is 84.8. The highest BCUT2D eigenvalue weighted by molar-refractivity contribution is 6.13. The Kier molecular flexibility index (Phi) is 19.1. The molecule has 16 nitrogen and oxygen atoms in total. The van der Waals surface area contributed by atoms with Crippen molar-refractivity contribution >= 4 is 43.6 Å². The molecule has 0 radical (unpaired) electrons. The first-order valence-electron chi connectivity index (χ1n) is 42.3. The predicted molar refractivity (Wildman–Crippen MR) is 511 cm³/mol. The van der Waals surface area contributed by atoms with Crippen molar-refractivity contribution in [2.45, 2.75) is 0 Å². The molecular weight excluding hydrogens is 1570 g/mol. The zero-order valence-electron chi connectivity index (χ0n) is 68.6. The number of fused-ring (bicyclic) bond motifs is 6. The summed E-state index contributed by atoms with van der Waals surface area (Å²) in [4.78, 5) is 73.8. The van der Waals surface area contributed by atoms with Gasteiger partial charge in [-0.05, 0) is 115 Å². The Labute approximate surface area is 735 Å². The van der Waals surface area contributed by atoms with Crippen LogP contribution in [0.15, 0.2) is 425 Å². The lowest BCUT2D eigenvalue weighted by Crippen LogP contribution is -2.02. The normalized spacial score (nSPS) is 11.4. The minimum atomic E-state index is 0.515. The summed E-state index contributed by atoms with van der Waals surface area (Å²) in [5.41, 5.74) is 21.7. The molecule has 598 valence electrons. The fourth-order valence-corrected chi connectivity index (χ4v) is 16.9. The van der Waals surface area contributed by atoms with E-state index in [4.69, 9.17) is 69.8 Å². The molecule has 16 aromatic carbocycles. The van der Waals surface area contributed by atoms with Crippen molar-refractivity contribution in [3.05, 3.63) is 425 Å². The fraction of sp³-hybridized carbons (Fsp3) is 0. The summed E-state index contributed by atoms with van der Waals surface area (Å²) in [6.45, 7) is 0. The van der Waals surface area contributed by atoms with Crippen molar-refractivity contribution in [3.8, 4) is 193 Å². The summed E-state index contributed by atoms with van der Waals surface area (Å²) in [5, 5.41) is 3.74. The van der Waals surface area contributed by atoms with Crippen molar-refractivity contribution in [1.82, 2.24) is 78.9 Å². The lowest BCUT2D eigenvalue weighted by molar-refractivity contribution is 1.07. The van der Waals surface area contributed by atoms with Gasteiger partial charge in [-0.2, -0.15) is 0 Å². The summed E-state index contributed by atoms with van der Waals surface area (Å²) in [5.74, 6) is 7.09. The van der Waals surface area contributed by atoms with Crippen LogP contribution in [0.5, 0.6) is 0 Å². The largest absolute Gasteiger partial charge is 0.309 e. The number of nitrogens with zero attached hydrogens (tertiary/aromatic N) is 16. The second-order valence-corrected chi connectivity index (χ2v) is 31.2. The van der Waals surface area contributed by atoms with E-state index in [1.807, 2.05) is 279 Å².